The van der Waals surface area contributed by atoms with E-state index in [1.807, 2.05) is 59.7 Å². The molecule has 1 aromatic rings. The Hall–Kier alpha value is -0.780. The highest BCUT2D eigenvalue weighted by atomic mass is 14.5. The predicted molar refractivity (Wildman–Crippen MR) is 416 cm³/mol. The van der Waals surface area contributed by atoms with Crippen LogP contribution in [0.15, 0.2) is 30.3 Å². The molecule has 0 heterocycles. The Morgan fingerprint density at radius 2 is 0.652 bits per heavy atom. The van der Waals surface area contributed by atoms with E-state index >= 15 is 0 Å². The Kier molecular flexibility index (Phi) is 31.8. The fourth-order valence-corrected chi connectivity index (χ4v) is 17.8. The van der Waals surface area contributed by atoms with Crippen LogP contribution in [0, 0.1) is 106 Å². The Morgan fingerprint density at radius 3 is 0.870 bits per heavy atom. The molecule has 0 amide bonds. The molecule has 0 radical (unpaired) electrons. The van der Waals surface area contributed by atoms with Crippen LogP contribution in [0.1, 0.15) is 472 Å². The van der Waals surface area contributed by atoms with Gasteiger partial charge in [-0.2, -0.15) is 0 Å². The molecule has 540 valence electrons. The van der Waals surface area contributed by atoms with Crippen LogP contribution in [0.25, 0.3) is 0 Å². The summed E-state index contributed by atoms with van der Waals surface area (Å²) in [5, 5.41) is 0. The molecule has 0 aliphatic heterocycles. The largest absolute Gasteiger partial charge is 0.0651 e. The van der Waals surface area contributed by atoms with Crippen molar-refractivity contribution in [2.75, 3.05) is 0 Å². The quantitative estimate of drug-likeness (QED) is 0.207. The summed E-state index contributed by atoms with van der Waals surface area (Å²) < 4.78 is 169. The van der Waals surface area contributed by atoms with Gasteiger partial charge in [-0.15, -0.1) is 0 Å². The molecule has 16 rings (SSSR count). The maximum Gasteiger partial charge on any atom is 0.0313 e. The van der Waals surface area contributed by atoms with Gasteiger partial charge in [0.25, 0.3) is 0 Å². The molecule has 15 saturated carbocycles. The first-order valence-electron chi connectivity index (χ1n) is 51.4. The Balaban J connectivity index is 0.000000265. The van der Waals surface area contributed by atoms with Crippen LogP contribution in [-0.4, -0.2) is 0 Å². The first-order chi connectivity index (χ1) is 52.4. The van der Waals surface area contributed by atoms with Gasteiger partial charge in [-0.1, -0.05) is 415 Å². The van der Waals surface area contributed by atoms with Crippen molar-refractivity contribution >= 4 is 0 Å². The van der Waals surface area contributed by atoms with E-state index in [2.05, 4.69) is 13.8 Å². The summed E-state index contributed by atoms with van der Waals surface area (Å²) in [5.41, 5.74) is 0.731. The second-order valence-electron chi connectivity index (χ2n) is 30.9. The highest BCUT2D eigenvalue weighted by Gasteiger charge is 2.47. The van der Waals surface area contributed by atoms with E-state index in [1.54, 1.807) is 32.9 Å². The zero-order valence-corrected chi connectivity index (χ0v) is 63.6. The van der Waals surface area contributed by atoms with Crippen molar-refractivity contribution in [1.29, 1.82) is 0 Å². The van der Waals surface area contributed by atoms with Crippen LogP contribution in [-0.2, 0) is 6.37 Å². The Labute approximate surface area is 613 Å². The molecule has 0 saturated heterocycles. The van der Waals surface area contributed by atoms with Gasteiger partial charge >= 0.3 is 0 Å². The standard InChI is InChI=1S/C12H20.C10H18.C9H18.4C8H16.C8H10.3C7H14/c1-2-12-10-4-8-3-9(6-10)7-11(12)5-8;1-2-9-7-8-3-5-10(9)6-4-8;1-8(2)9-6-4-3-5-7-9;1-7(2)8-5-3-4-6-8;4*1-2-8-6-4-3-5-7-8;3*1-2-7-5-3-4-6-7/h8-12H,2-7H2,1H3;8-10H,2-7H2,1H3;8-9H,3-7H2,1-2H3;7-8H,3-6H2,1-2H3;3*8H,2-7H2,1H3;3-7H,2H2,1H3;3*7H,2-6H2,1H3/i2*2D2;8D,9D;7D,8D;2D2,8D;2D,8D;8D;2D2;2D2,7D;2D,7D;7D. The smallest absolute Gasteiger partial charge is 0.0313 e. The van der Waals surface area contributed by atoms with E-state index in [0.717, 1.165) is 234 Å². The second kappa shape index (κ2) is 53.2. The van der Waals surface area contributed by atoms with Gasteiger partial charge in [-0.3, -0.25) is 0 Å². The maximum atomic E-state index is 8.08. The van der Waals surface area contributed by atoms with E-state index in [-0.39, 0.29) is 30.5 Å². The fraction of sp³-hybridized carbons (Fsp3) is 0.935. The average molecular weight is 1300 g/mol. The maximum absolute atomic E-state index is 8.08. The number of hydrogen-bond acceptors (Lipinski definition) is 0. The molecule has 0 N–H and O–H groups in total. The first-order valence-corrected chi connectivity index (χ1v) is 40.3. The summed E-state index contributed by atoms with van der Waals surface area (Å²) in [4.78, 5) is 0. The van der Waals surface area contributed by atoms with Crippen LogP contribution < -0.4 is 0 Å². The minimum atomic E-state index is -1.33. The predicted octanol–water partition coefficient (Wildman–Crippen LogP) is 31.7. The molecular weight excluding hydrogens is 1110 g/mol. The fourth-order valence-electron chi connectivity index (χ4n) is 17.8. The summed E-state index contributed by atoms with van der Waals surface area (Å²) in [7, 11) is 0. The van der Waals surface area contributed by atoms with Gasteiger partial charge in [0.2, 0.25) is 0 Å². The van der Waals surface area contributed by atoms with Gasteiger partial charge in [0.1, 0.15) is 0 Å². The number of rotatable bonds is 11. The molecule has 0 spiro atoms. The molecule has 15 fully saturated rings. The highest BCUT2D eigenvalue weighted by Crippen LogP contribution is 2.57. The van der Waals surface area contributed by atoms with Gasteiger partial charge in [0.05, 0.1) is 0 Å². The Bertz CT molecular complexity index is 2630. The van der Waals surface area contributed by atoms with Crippen molar-refractivity contribution in [3.8, 4) is 0 Å². The molecule has 0 heteroatoms. The molecule has 1 aromatic carbocycles. The molecule has 15 aliphatic rings. The normalized spacial score (nSPS) is 36.8. The third-order valence-electron chi connectivity index (χ3n) is 23.9. The summed E-state index contributed by atoms with van der Waals surface area (Å²) in [6.07, 6.45) is 47.8. The van der Waals surface area contributed by atoms with Crippen molar-refractivity contribution in [2.24, 2.45) is 106 Å². The van der Waals surface area contributed by atoms with Gasteiger partial charge in [-0.05, 0) is 170 Å². The van der Waals surface area contributed by atoms with Gasteiger partial charge in [0.15, 0.2) is 0 Å². The van der Waals surface area contributed by atoms with E-state index in [4.69, 9.17) is 30.2 Å². The number of aryl methyl sites for hydroxylation is 1. The molecule has 0 aromatic heterocycles. The summed E-state index contributed by atoms with van der Waals surface area (Å²) in [5.74, 6) is 1.22. The van der Waals surface area contributed by atoms with E-state index in [0.29, 0.717) is 17.8 Å². The van der Waals surface area contributed by atoms with Crippen molar-refractivity contribution in [3.05, 3.63) is 35.9 Å². The summed E-state index contributed by atoms with van der Waals surface area (Å²) in [6.45, 7) is 23.6. The van der Waals surface area contributed by atoms with Gasteiger partial charge in [0, 0.05) is 30.2 Å². The van der Waals surface area contributed by atoms with Crippen molar-refractivity contribution in [1.82, 2.24) is 0 Å². The molecule has 0 nitrogen and oxygen atoms in total. The lowest BCUT2D eigenvalue weighted by atomic mass is 9.51. The number of fused-ring (bicyclic) bond motifs is 3. The lowest BCUT2D eigenvalue weighted by molar-refractivity contribution is -0.0376. The lowest BCUT2D eigenvalue weighted by Crippen LogP contribution is -2.44. The van der Waals surface area contributed by atoms with E-state index < -0.39 is 73.1 Å². The van der Waals surface area contributed by atoms with Crippen LogP contribution in [0.4, 0.5) is 0 Å². The van der Waals surface area contributed by atoms with Crippen LogP contribution in [0.2, 0.25) is 0 Å². The molecule has 3 atom stereocenters. The lowest BCUT2D eigenvalue weighted by Gasteiger charge is -2.54. The van der Waals surface area contributed by atoms with E-state index in [1.165, 1.54) is 123 Å². The average Bonchev–Trinajstić information content (AvgIpc) is 0.880. The molecule has 3 unspecified atom stereocenters. The minimum Gasteiger partial charge on any atom is -0.0651 e. The third-order valence-corrected chi connectivity index (χ3v) is 23.9. The third kappa shape index (κ3) is 35.8. The van der Waals surface area contributed by atoms with Crippen molar-refractivity contribution in [3.63, 3.8) is 0 Å². The summed E-state index contributed by atoms with van der Waals surface area (Å²) >= 11 is 0. The van der Waals surface area contributed by atoms with Crippen LogP contribution in [0.3, 0.4) is 0 Å². The molecule has 15 aliphatic carbocycles. The molecular formula is C92H172. The number of benzene rings is 1. The van der Waals surface area contributed by atoms with E-state index in [9.17, 15) is 0 Å². The van der Waals surface area contributed by atoms with Gasteiger partial charge < -0.3 is 0 Å². The van der Waals surface area contributed by atoms with Gasteiger partial charge in [-0.25, -0.2) is 0 Å². The highest BCUT2D eigenvalue weighted by molar-refractivity contribution is 5.14. The van der Waals surface area contributed by atoms with Crippen LogP contribution in [0.5, 0.6) is 0 Å². The zero-order valence-electron chi connectivity index (χ0n) is 85.6. The Morgan fingerprint density at radius 1 is 0.326 bits per heavy atom. The van der Waals surface area contributed by atoms with Crippen molar-refractivity contribution in [2.45, 2.75) is 443 Å². The zero-order chi connectivity index (χ0) is 86.3. The minimum absolute atomic E-state index is 0.0139. The monoisotopic (exact) mass is 1300 g/mol. The topological polar surface area (TPSA) is 0 Å². The van der Waals surface area contributed by atoms with Crippen molar-refractivity contribution < 1.29 is 30.2 Å². The van der Waals surface area contributed by atoms with Crippen LogP contribution >= 0.6 is 0 Å². The molecule has 92 heavy (non-hydrogen) atoms. The summed E-state index contributed by atoms with van der Waals surface area (Å²) in [6, 6.07) is 9.16. The molecule has 6 bridgehead atoms. The SMILES string of the molecule is [2H]C(C)(C)C1([2H])CCCC1.[2H]C(C)(C)C1([2H])CCCCC1.[2H]C(C)C1([2H])CCCC1.[2H]C(C)C1([2H])CCCCC1.[2H]C([2H])(C)C1([2H])CCCC1.[2H]C([2H])(C)C1([2H])CCCCC1.[2H]C([2H])(C)C1C2CC3CC(C2)CC1C3.[2H]C([2H])(C)C1CC2CCC1CC2.[2H]C([2H])(C)c1ccccc1.[2H]C1(CC)CCCC1.[2H]C1(CC)CCCCC1. The second-order valence-corrected chi connectivity index (χ2v) is 30.9. The first kappa shape index (κ1) is 55.0. The number of hydrogen-bond donors (Lipinski definition) is 0.